The number of piperidine rings is 1. The van der Waals surface area contributed by atoms with Crippen LogP contribution in [-0.2, 0) is 17.1 Å². The summed E-state index contributed by atoms with van der Waals surface area (Å²) in [5, 5.41) is 4.31. The quantitative estimate of drug-likeness (QED) is 0.860. The zero-order valence-electron chi connectivity index (χ0n) is 12.6. The highest BCUT2D eigenvalue weighted by molar-refractivity contribution is 7.89. The number of hydrogen-bond acceptors (Lipinski definition) is 3. The maximum Gasteiger partial charge on any atom is 0.248 e. The minimum Gasteiger partial charge on any atom is -0.276 e. The van der Waals surface area contributed by atoms with E-state index in [9.17, 15) is 17.2 Å². The minimum atomic E-state index is -4.21. The van der Waals surface area contributed by atoms with E-state index < -0.39 is 26.6 Å². The SMILES string of the molecule is Cn1ccc([C@H]2CCCN(S(=O)(=O)c3c(F)cccc3F)C2)n1. The molecule has 0 spiro atoms. The van der Waals surface area contributed by atoms with Crippen LogP contribution in [-0.4, -0.2) is 35.6 Å². The molecular weight excluding hydrogens is 324 g/mol. The van der Waals surface area contributed by atoms with Crippen LogP contribution in [0.1, 0.15) is 24.5 Å². The average Bonchev–Trinajstić information content (AvgIpc) is 2.94. The molecule has 23 heavy (non-hydrogen) atoms. The first-order valence-electron chi connectivity index (χ1n) is 7.33. The molecule has 5 nitrogen and oxygen atoms in total. The van der Waals surface area contributed by atoms with Crippen molar-refractivity contribution in [1.82, 2.24) is 14.1 Å². The minimum absolute atomic E-state index is 0.0745. The van der Waals surface area contributed by atoms with Crippen molar-refractivity contribution < 1.29 is 17.2 Å². The number of aryl methyl sites for hydroxylation is 1. The molecule has 0 N–H and O–H groups in total. The molecule has 124 valence electrons. The Morgan fingerprint density at radius 3 is 2.52 bits per heavy atom. The lowest BCUT2D eigenvalue weighted by Crippen LogP contribution is -2.39. The lowest BCUT2D eigenvalue weighted by molar-refractivity contribution is 0.309. The summed E-state index contributed by atoms with van der Waals surface area (Å²) in [5.41, 5.74) is 0.793. The molecule has 0 radical (unpaired) electrons. The first-order chi connectivity index (χ1) is 10.9. The van der Waals surface area contributed by atoms with Gasteiger partial charge in [-0.05, 0) is 31.0 Å². The summed E-state index contributed by atoms with van der Waals surface area (Å²) in [6, 6.07) is 4.90. The third-order valence-corrected chi connectivity index (χ3v) is 5.97. The zero-order valence-corrected chi connectivity index (χ0v) is 13.4. The predicted molar refractivity (Wildman–Crippen MR) is 80.3 cm³/mol. The van der Waals surface area contributed by atoms with Crippen molar-refractivity contribution in [2.75, 3.05) is 13.1 Å². The molecule has 0 bridgehead atoms. The van der Waals surface area contributed by atoms with E-state index in [4.69, 9.17) is 0 Å². The number of benzene rings is 1. The van der Waals surface area contributed by atoms with Gasteiger partial charge >= 0.3 is 0 Å². The van der Waals surface area contributed by atoms with E-state index in [1.807, 2.05) is 6.07 Å². The van der Waals surface area contributed by atoms with Crippen molar-refractivity contribution in [3.8, 4) is 0 Å². The molecule has 0 saturated carbocycles. The Kier molecular flexibility index (Phi) is 4.20. The normalized spacial score (nSPS) is 19.9. The smallest absolute Gasteiger partial charge is 0.248 e. The first-order valence-corrected chi connectivity index (χ1v) is 8.77. The maximum atomic E-state index is 13.9. The molecule has 0 unspecified atom stereocenters. The van der Waals surface area contributed by atoms with Gasteiger partial charge in [0.25, 0.3) is 0 Å². The van der Waals surface area contributed by atoms with Gasteiger partial charge < -0.3 is 0 Å². The van der Waals surface area contributed by atoms with Crippen LogP contribution in [0.3, 0.4) is 0 Å². The molecule has 1 aromatic heterocycles. The van der Waals surface area contributed by atoms with E-state index in [0.29, 0.717) is 6.42 Å². The van der Waals surface area contributed by atoms with Gasteiger partial charge in [0.05, 0.1) is 5.69 Å². The van der Waals surface area contributed by atoms with Crippen molar-refractivity contribution in [1.29, 1.82) is 0 Å². The summed E-state index contributed by atoms with van der Waals surface area (Å²) in [6.45, 7) is 0.423. The standard InChI is InChI=1S/C15H17F2N3O2S/c1-19-9-7-14(18-19)11-4-3-8-20(10-11)23(21,22)15-12(16)5-2-6-13(15)17/h2,5-7,9,11H,3-4,8,10H2,1H3/t11-/m0/s1. The fraction of sp³-hybridized carbons (Fsp3) is 0.400. The third-order valence-electron chi connectivity index (χ3n) is 4.05. The van der Waals surface area contributed by atoms with E-state index in [1.54, 1.807) is 17.9 Å². The van der Waals surface area contributed by atoms with E-state index in [0.717, 1.165) is 34.6 Å². The first kappa shape index (κ1) is 16.1. The third kappa shape index (κ3) is 3.00. The van der Waals surface area contributed by atoms with Gasteiger partial charge in [-0.3, -0.25) is 4.68 Å². The van der Waals surface area contributed by atoms with Gasteiger partial charge in [-0.1, -0.05) is 6.07 Å². The van der Waals surface area contributed by atoms with Crippen molar-refractivity contribution in [3.63, 3.8) is 0 Å². The molecular formula is C15H17F2N3O2S. The van der Waals surface area contributed by atoms with Crippen LogP contribution in [0.2, 0.25) is 0 Å². The molecule has 1 atom stereocenters. The topological polar surface area (TPSA) is 55.2 Å². The highest BCUT2D eigenvalue weighted by Gasteiger charge is 2.35. The van der Waals surface area contributed by atoms with E-state index >= 15 is 0 Å². The summed E-state index contributed by atoms with van der Waals surface area (Å²) >= 11 is 0. The molecule has 1 aliphatic heterocycles. The lowest BCUT2D eigenvalue weighted by Gasteiger charge is -2.31. The van der Waals surface area contributed by atoms with Gasteiger partial charge in [0.2, 0.25) is 10.0 Å². The Balaban J connectivity index is 1.91. The van der Waals surface area contributed by atoms with Gasteiger partial charge in [0, 0.05) is 32.3 Å². The second-order valence-corrected chi connectivity index (χ2v) is 7.54. The maximum absolute atomic E-state index is 13.9. The van der Waals surface area contributed by atoms with Crippen LogP contribution < -0.4 is 0 Å². The Morgan fingerprint density at radius 1 is 1.22 bits per heavy atom. The molecule has 0 amide bonds. The van der Waals surface area contributed by atoms with Crippen LogP contribution in [0, 0.1) is 11.6 Å². The zero-order chi connectivity index (χ0) is 16.6. The molecule has 3 rings (SSSR count). The molecule has 1 aliphatic rings. The largest absolute Gasteiger partial charge is 0.276 e. The van der Waals surface area contributed by atoms with Crippen LogP contribution in [0.25, 0.3) is 0 Å². The van der Waals surface area contributed by atoms with Gasteiger partial charge in [-0.15, -0.1) is 0 Å². The Bertz CT molecular complexity index is 800. The summed E-state index contributed by atoms with van der Waals surface area (Å²) in [6.07, 6.45) is 3.21. The second-order valence-electron chi connectivity index (χ2n) is 5.67. The van der Waals surface area contributed by atoms with E-state index in [-0.39, 0.29) is 19.0 Å². The average molecular weight is 341 g/mol. The fourth-order valence-corrected chi connectivity index (χ4v) is 4.54. The van der Waals surface area contributed by atoms with Crippen LogP contribution in [0.4, 0.5) is 8.78 Å². The number of halogens is 2. The molecule has 0 aliphatic carbocycles. The highest BCUT2D eigenvalue weighted by Crippen LogP contribution is 2.31. The van der Waals surface area contributed by atoms with Crippen molar-refractivity contribution >= 4 is 10.0 Å². The van der Waals surface area contributed by atoms with Crippen molar-refractivity contribution in [2.45, 2.75) is 23.7 Å². The molecule has 2 aromatic rings. The van der Waals surface area contributed by atoms with Crippen LogP contribution in [0.15, 0.2) is 35.4 Å². The van der Waals surface area contributed by atoms with Gasteiger partial charge in [0.1, 0.15) is 11.6 Å². The van der Waals surface area contributed by atoms with Crippen LogP contribution >= 0.6 is 0 Å². The summed E-state index contributed by atoms with van der Waals surface area (Å²) in [5.74, 6) is -2.20. The van der Waals surface area contributed by atoms with Gasteiger partial charge in [0.15, 0.2) is 4.90 Å². The summed E-state index contributed by atoms with van der Waals surface area (Å²) in [4.78, 5) is -0.873. The van der Waals surface area contributed by atoms with Crippen molar-refractivity contribution in [3.05, 3.63) is 47.8 Å². The molecule has 8 heteroatoms. The molecule has 1 fully saturated rings. The van der Waals surface area contributed by atoms with Crippen molar-refractivity contribution in [2.24, 2.45) is 7.05 Å². The number of nitrogens with zero attached hydrogens (tertiary/aromatic N) is 3. The van der Waals surface area contributed by atoms with Crippen LogP contribution in [0.5, 0.6) is 0 Å². The Labute approximate surface area is 133 Å². The fourth-order valence-electron chi connectivity index (χ4n) is 2.91. The summed E-state index contributed by atoms with van der Waals surface area (Å²) in [7, 11) is -2.42. The number of aromatic nitrogens is 2. The Morgan fingerprint density at radius 2 is 1.91 bits per heavy atom. The monoisotopic (exact) mass is 341 g/mol. The molecule has 1 aromatic carbocycles. The van der Waals surface area contributed by atoms with E-state index in [2.05, 4.69) is 5.10 Å². The molecule has 1 saturated heterocycles. The Hall–Kier alpha value is -1.80. The summed E-state index contributed by atoms with van der Waals surface area (Å²) < 4.78 is 55.8. The lowest BCUT2D eigenvalue weighted by atomic mass is 9.96. The second kappa shape index (κ2) is 6.01. The number of rotatable bonds is 3. The number of hydrogen-bond donors (Lipinski definition) is 0. The molecule has 2 heterocycles. The van der Waals surface area contributed by atoms with Gasteiger partial charge in [-0.2, -0.15) is 9.40 Å². The number of sulfonamides is 1. The van der Waals surface area contributed by atoms with Gasteiger partial charge in [-0.25, -0.2) is 17.2 Å². The highest BCUT2D eigenvalue weighted by atomic mass is 32.2. The van der Waals surface area contributed by atoms with E-state index in [1.165, 1.54) is 0 Å². The predicted octanol–water partition coefficient (Wildman–Crippen LogP) is 2.27.